The van der Waals surface area contributed by atoms with Gasteiger partial charge in [-0.1, -0.05) is 78.4 Å². The lowest BCUT2D eigenvalue weighted by molar-refractivity contribution is -0.139. The number of sulfonamides is 1. The van der Waals surface area contributed by atoms with Crippen LogP contribution in [0.3, 0.4) is 0 Å². The van der Waals surface area contributed by atoms with Gasteiger partial charge in [0.15, 0.2) is 0 Å². The second kappa shape index (κ2) is 14.6. The monoisotopic (exact) mass is 615 g/mol. The zero-order chi connectivity index (χ0) is 31.7. The molecule has 1 atom stereocenters. The highest BCUT2D eigenvalue weighted by Crippen LogP contribution is 2.36. The number of anilines is 1. The Labute approximate surface area is 259 Å². The van der Waals surface area contributed by atoms with Crippen molar-refractivity contribution in [3.8, 4) is 11.5 Å². The first-order chi connectivity index (χ1) is 21.2. The third-order valence-electron chi connectivity index (χ3n) is 7.26. The van der Waals surface area contributed by atoms with Gasteiger partial charge in [-0.2, -0.15) is 0 Å². The number of nitrogens with one attached hydrogen (secondary N) is 1. The topological polar surface area (TPSA) is 105 Å². The lowest BCUT2D eigenvalue weighted by Gasteiger charge is -2.34. The van der Waals surface area contributed by atoms with Crippen molar-refractivity contribution in [2.45, 2.75) is 30.8 Å². The highest BCUT2D eigenvalue weighted by molar-refractivity contribution is 7.92. The first kappa shape index (κ1) is 32.1. The number of nitrogens with zero attached hydrogens (tertiary/aromatic N) is 2. The van der Waals surface area contributed by atoms with Crippen molar-refractivity contribution in [3.63, 3.8) is 0 Å². The number of rotatable bonds is 13. The van der Waals surface area contributed by atoms with Gasteiger partial charge in [0.25, 0.3) is 10.0 Å². The normalized spacial score (nSPS) is 11.7. The Balaban J connectivity index is 1.84. The van der Waals surface area contributed by atoms with Gasteiger partial charge in [0.1, 0.15) is 24.1 Å². The Kier molecular flexibility index (Phi) is 10.6. The molecule has 0 spiro atoms. The molecule has 230 valence electrons. The average molecular weight is 616 g/mol. The number of methoxy groups -OCH3 is 2. The smallest absolute Gasteiger partial charge is 0.264 e. The summed E-state index contributed by atoms with van der Waals surface area (Å²) in [7, 11) is 0.115. The molecule has 4 rings (SSSR count). The van der Waals surface area contributed by atoms with Gasteiger partial charge >= 0.3 is 0 Å². The van der Waals surface area contributed by atoms with Crippen LogP contribution in [0.15, 0.2) is 108 Å². The summed E-state index contributed by atoms with van der Waals surface area (Å²) in [6, 6.07) is 28.8. The molecule has 4 aromatic carbocycles. The van der Waals surface area contributed by atoms with Crippen LogP contribution in [0.4, 0.5) is 5.69 Å². The number of likely N-dealkylation sites (N-methyl/N-ethyl adjacent to an activating group) is 1. The maximum absolute atomic E-state index is 14.4. The fourth-order valence-corrected chi connectivity index (χ4v) is 6.26. The summed E-state index contributed by atoms with van der Waals surface area (Å²) >= 11 is 0. The summed E-state index contributed by atoms with van der Waals surface area (Å²) in [4.78, 5) is 29.2. The van der Waals surface area contributed by atoms with Gasteiger partial charge < -0.3 is 19.7 Å². The third kappa shape index (κ3) is 7.57. The second-order valence-corrected chi connectivity index (χ2v) is 12.1. The molecule has 1 N–H and O–H groups in total. The predicted molar refractivity (Wildman–Crippen MR) is 170 cm³/mol. The Morgan fingerprint density at radius 3 is 2.00 bits per heavy atom. The fraction of sp³-hybridized carbons (Fsp3) is 0.235. The first-order valence-corrected chi connectivity index (χ1v) is 15.5. The van der Waals surface area contributed by atoms with E-state index in [0.29, 0.717) is 5.75 Å². The Hall–Kier alpha value is -4.83. The number of amides is 2. The molecular weight excluding hydrogens is 578 g/mol. The highest BCUT2D eigenvalue weighted by Gasteiger charge is 2.35. The molecule has 0 fully saturated rings. The van der Waals surface area contributed by atoms with E-state index in [9.17, 15) is 18.0 Å². The third-order valence-corrected chi connectivity index (χ3v) is 9.03. The minimum atomic E-state index is -4.29. The molecule has 2 amide bonds. The van der Waals surface area contributed by atoms with E-state index >= 15 is 0 Å². The maximum Gasteiger partial charge on any atom is 0.264 e. The van der Waals surface area contributed by atoms with Crippen molar-refractivity contribution >= 4 is 27.5 Å². The van der Waals surface area contributed by atoms with E-state index in [4.69, 9.17) is 9.47 Å². The minimum absolute atomic E-state index is 0.00233. The molecule has 0 aliphatic rings. The standard InChI is InChI=1S/C34H37N3O6S/c1-25-15-18-29(19-16-25)44(40,41)37(30-22-28(42-3)17-20-32(30)43-4)24-33(38)36(23-27-13-9-6-10-14-27)31(34(39)35-2)21-26-11-7-5-8-12-26/h5-20,22,31H,21,23-24H2,1-4H3,(H,35,39)/t31-/m1/s1. The second-order valence-electron chi connectivity index (χ2n) is 10.2. The molecule has 44 heavy (non-hydrogen) atoms. The van der Waals surface area contributed by atoms with Crippen LogP contribution < -0.4 is 19.1 Å². The summed E-state index contributed by atoms with van der Waals surface area (Å²) in [5.74, 6) is -0.328. The molecule has 0 saturated heterocycles. The van der Waals surface area contributed by atoms with E-state index in [1.807, 2.05) is 67.6 Å². The number of hydrogen-bond acceptors (Lipinski definition) is 6. The van der Waals surface area contributed by atoms with Crippen molar-refractivity contribution in [3.05, 3.63) is 120 Å². The molecule has 0 bridgehead atoms. The SMILES string of the molecule is CNC(=O)[C@@H](Cc1ccccc1)N(Cc1ccccc1)C(=O)CN(c1cc(OC)ccc1OC)S(=O)(=O)c1ccc(C)cc1. The number of aryl methyl sites for hydroxylation is 1. The molecule has 0 heterocycles. The lowest BCUT2D eigenvalue weighted by atomic mass is 10.0. The number of carbonyl (C=O) groups excluding carboxylic acids is 2. The predicted octanol–water partition coefficient (Wildman–Crippen LogP) is 4.59. The maximum atomic E-state index is 14.4. The average Bonchev–Trinajstić information content (AvgIpc) is 3.05. The molecule has 9 nitrogen and oxygen atoms in total. The molecule has 4 aromatic rings. The van der Waals surface area contributed by atoms with Crippen LogP contribution in [-0.4, -0.2) is 59.0 Å². The Morgan fingerprint density at radius 1 is 0.818 bits per heavy atom. The van der Waals surface area contributed by atoms with E-state index in [1.54, 1.807) is 24.3 Å². The van der Waals surface area contributed by atoms with E-state index in [-0.39, 0.29) is 35.2 Å². The van der Waals surface area contributed by atoms with Crippen LogP contribution in [-0.2, 0) is 32.6 Å². The van der Waals surface area contributed by atoms with Gasteiger partial charge in [0.2, 0.25) is 11.8 Å². The molecule has 10 heteroatoms. The number of hydrogen-bond donors (Lipinski definition) is 1. The summed E-state index contributed by atoms with van der Waals surface area (Å²) in [5, 5.41) is 2.68. The van der Waals surface area contributed by atoms with E-state index in [1.165, 1.54) is 44.4 Å². The van der Waals surface area contributed by atoms with Crippen LogP contribution in [0.2, 0.25) is 0 Å². The van der Waals surface area contributed by atoms with Crippen molar-refractivity contribution in [2.75, 3.05) is 32.1 Å². The highest BCUT2D eigenvalue weighted by atomic mass is 32.2. The summed E-state index contributed by atoms with van der Waals surface area (Å²) in [6.45, 7) is 1.34. The van der Waals surface area contributed by atoms with Gasteiger partial charge in [-0.25, -0.2) is 8.42 Å². The van der Waals surface area contributed by atoms with E-state index < -0.39 is 28.5 Å². The summed E-state index contributed by atoms with van der Waals surface area (Å²) in [6.07, 6.45) is 0.228. The Morgan fingerprint density at radius 2 is 1.43 bits per heavy atom. The fourth-order valence-electron chi connectivity index (χ4n) is 4.84. The van der Waals surface area contributed by atoms with Gasteiger partial charge in [0, 0.05) is 26.1 Å². The summed E-state index contributed by atoms with van der Waals surface area (Å²) in [5.41, 5.74) is 2.65. The lowest BCUT2D eigenvalue weighted by Crippen LogP contribution is -2.53. The zero-order valence-corrected chi connectivity index (χ0v) is 26.1. The van der Waals surface area contributed by atoms with Crippen LogP contribution >= 0.6 is 0 Å². The van der Waals surface area contributed by atoms with Crippen LogP contribution in [0.25, 0.3) is 0 Å². The van der Waals surface area contributed by atoms with Crippen LogP contribution in [0.1, 0.15) is 16.7 Å². The Bertz CT molecular complexity index is 1660. The van der Waals surface area contributed by atoms with Gasteiger partial charge in [-0.15, -0.1) is 0 Å². The molecule has 0 unspecified atom stereocenters. The largest absolute Gasteiger partial charge is 0.497 e. The first-order valence-electron chi connectivity index (χ1n) is 14.1. The minimum Gasteiger partial charge on any atom is -0.497 e. The van der Waals surface area contributed by atoms with Crippen LogP contribution in [0, 0.1) is 6.92 Å². The number of benzene rings is 4. The van der Waals surface area contributed by atoms with Crippen molar-refractivity contribution in [1.82, 2.24) is 10.2 Å². The molecule has 0 aliphatic heterocycles. The molecule has 0 aromatic heterocycles. The van der Waals surface area contributed by atoms with Crippen molar-refractivity contribution in [2.24, 2.45) is 0 Å². The van der Waals surface area contributed by atoms with Gasteiger partial charge in [-0.05, 0) is 42.3 Å². The molecule has 0 radical (unpaired) electrons. The van der Waals surface area contributed by atoms with E-state index in [0.717, 1.165) is 21.0 Å². The van der Waals surface area contributed by atoms with E-state index in [2.05, 4.69) is 5.32 Å². The van der Waals surface area contributed by atoms with Crippen molar-refractivity contribution in [1.29, 1.82) is 0 Å². The number of ether oxygens (including phenoxy) is 2. The quantitative estimate of drug-likeness (QED) is 0.236. The van der Waals surface area contributed by atoms with Gasteiger partial charge in [-0.3, -0.25) is 13.9 Å². The molecule has 0 aliphatic carbocycles. The summed E-state index contributed by atoms with van der Waals surface area (Å²) < 4.78 is 40.5. The zero-order valence-electron chi connectivity index (χ0n) is 25.3. The van der Waals surface area contributed by atoms with Crippen molar-refractivity contribution < 1.29 is 27.5 Å². The molecule has 0 saturated carbocycles. The molecular formula is C34H37N3O6S. The van der Waals surface area contributed by atoms with Gasteiger partial charge in [0.05, 0.1) is 24.8 Å². The number of carbonyl (C=O) groups is 2. The van der Waals surface area contributed by atoms with Crippen LogP contribution in [0.5, 0.6) is 11.5 Å².